The molecule has 5 rings (SSSR count). The van der Waals surface area contributed by atoms with Crippen molar-refractivity contribution in [2.45, 2.75) is 0 Å². The summed E-state index contributed by atoms with van der Waals surface area (Å²) in [7, 11) is 0. The van der Waals surface area contributed by atoms with Crippen molar-refractivity contribution in [2.75, 3.05) is 5.32 Å². The number of carboxylic acids is 1. The Morgan fingerprint density at radius 1 is 0.829 bits per heavy atom. The molecule has 6 nitrogen and oxygen atoms in total. The molecule has 0 unspecified atom stereocenters. The van der Waals surface area contributed by atoms with Gasteiger partial charge in [-0.3, -0.25) is 4.79 Å². The number of nitrogens with one attached hydrogen (secondary N) is 2. The number of carboxylic acid groups (broad SMARTS) is 1. The average molecular weight is 460 g/mol. The quantitative estimate of drug-likeness (QED) is 0.267. The van der Waals surface area contributed by atoms with E-state index < -0.39 is 5.97 Å². The Hall–Kier alpha value is -4.97. The summed E-state index contributed by atoms with van der Waals surface area (Å²) in [4.78, 5) is 32.2. The Kier molecular flexibility index (Phi) is 5.92. The number of fused-ring (bicyclic) bond motifs is 1. The Morgan fingerprint density at radius 3 is 2.17 bits per heavy atom. The molecule has 0 aliphatic rings. The van der Waals surface area contributed by atoms with Gasteiger partial charge in [0, 0.05) is 22.7 Å². The first kappa shape index (κ1) is 21.9. The first-order chi connectivity index (χ1) is 17.1. The molecule has 0 aliphatic carbocycles. The van der Waals surface area contributed by atoms with Crippen LogP contribution < -0.4 is 5.32 Å². The number of rotatable bonds is 6. The first-order valence-electron chi connectivity index (χ1n) is 11.0. The van der Waals surface area contributed by atoms with Gasteiger partial charge in [0.25, 0.3) is 5.91 Å². The van der Waals surface area contributed by atoms with E-state index in [2.05, 4.69) is 15.3 Å². The van der Waals surface area contributed by atoms with Crippen LogP contribution in [0.5, 0.6) is 0 Å². The van der Waals surface area contributed by atoms with E-state index in [1.807, 2.05) is 48.5 Å². The monoisotopic (exact) mass is 459 g/mol. The predicted molar refractivity (Wildman–Crippen MR) is 138 cm³/mol. The summed E-state index contributed by atoms with van der Waals surface area (Å²) >= 11 is 0. The van der Waals surface area contributed by atoms with Gasteiger partial charge in [0.15, 0.2) is 0 Å². The van der Waals surface area contributed by atoms with Crippen molar-refractivity contribution in [2.24, 2.45) is 0 Å². The van der Waals surface area contributed by atoms with Crippen LogP contribution in [0.2, 0.25) is 0 Å². The molecule has 0 atom stereocenters. The van der Waals surface area contributed by atoms with E-state index in [-0.39, 0.29) is 11.5 Å². The lowest BCUT2D eigenvalue weighted by atomic mass is 10.0. The smallest absolute Gasteiger partial charge is 0.336 e. The largest absolute Gasteiger partial charge is 0.478 e. The van der Waals surface area contributed by atoms with Crippen LogP contribution in [0, 0.1) is 0 Å². The van der Waals surface area contributed by atoms with Gasteiger partial charge in [0.2, 0.25) is 0 Å². The minimum Gasteiger partial charge on any atom is -0.478 e. The molecule has 0 spiro atoms. The maximum absolute atomic E-state index is 12.8. The van der Waals surface area contributed by atoms with E-state index in [1.165, 1.54) is 0 Å². The zero-order chi connectivity index (χ0) is 24.2. The van der Waals surface area contributed by atoms with Crippen molar-refractivity contribution >= 4 is 40.2 Å². The molecule has 3 aromatic carbocycles. The number of carbonyl (C=O) groups excluding carboxylic acids is 1. The molecule has 0 saturated heterocycles. The second-order valence-electron chi connectivity index (χ2n) is 7.99. The van der Waals surface area contributed by atoms with E-state index in [0.717, 1.165) is 11.1 Å². The van der Waals surface area contributed by atoms with Gasteiger partial charge < -0.3 is 15.4 Å². The molecule has 0 saturated carbocycles. The van der Waals surface area contributed by atoms with Gasteiger partial charge in [-0.25, -0.2) is 9.78 Å². The van der Waals surface area contributed by atoms with Gasteiger partial charge in [0.05, 0.1) is 17.5 Å². The number of benzene rings is 3. The zero-order valence-corrected chi connectivity index (χ0v) is 18.6. The number of H-pyrrole nitrogens is 1. The highest BCUT2D eigenvalue weighted by molar-refractivity contribution is 6.21. The molecule has 0 radical (unpaired) electrons. The molecule has 35 heavy (non-hydrogen) atoms. The van der Waals surface area contributed by atoms with Crippen molar-refractivity contribution in [3.63, 3.8) is 0 Å². The zero-order valence-electron chi connectivity index (χ0n) is 18.6. The minimum atomic E-state index is -1.03. The number of pyridine rings is 1. The number of amides is 1. The molecule has 2 heterocycles. The summed E-state index contributed by atoms with van der Waals surface area (Å²) in [6, 6.07) is 28.1. The van der Waals surface area contributed by atoms with Gasteiger partial charge in [-0.1, -0.05) is 72.8 Å². The molecular weight excluding hydrogens is 438 g/mol. The molecule has 1 amide bonds. The van der Waals surface area contributed by atoms with Crippen LogP contribution in [0.25, 0.3) is 33.8 Å². The second kappa shape index (κ2) is 9.49. The summed E-state index contributed by atoms with van der Waals surface area (Å²) in [6.07, 6.45) is 4.88. The Morgan fingerprint density at radius 2 is 1.49 bits per heavy atom. The lowest BCUT2D eigenvalue weighted by Gasteiger charge is -2.07. The average Bonchev–Trinajstić information content (AvgIpc) is 3.30. The van der Waals surface area contributed by atoms with Crippen LogP contribution in [-0.2, 0) is 4.79 Å². The number of hydrogen-bond acceptors (Lipinski definition) is 3. The minimum absolute atomic E-state index is 0.166. The topological polar surface area (TPSA) is 95.1 Å². The van der Waals surface area contributed by atoms with Gasteiger partial charge >= 0.3 is 5.97 Å². The molecule has 3 N–H and O–H groups in total. The Bertz CT molecular complexity index is 1540. The number of anilines is 1. The molecule has 2 aromatic heterocycles. The van der Waals surface area contributed by atoms with E-state index in [0.29, 0.717) is 33.4 Å². The third-order valence-corrected chi connectivity index (χ3v) is 5.69. The lowest BCUT2D eigenvalue weighted by Crippen LogP contribution is -2.11. The van der Waals surface area contributed by atoms with Gasteiger partial charge in [0.1, 0.15) is 5.65 Å². The summed E-state index contributed by atoms with van der Waals surface area (Å²) in [6.45, 7) is 0. The SMILES string of the molecule is O=C(O)/C(=C/c1c[nH]c2ncc(NC(=O)c3ccc(-c4ccccc4)cc3)cc12)c1ccccc1. The number of aromatic amines is 1. The van der Waals surface area contributed by atoms with Gasteiger partial charge in [-0.2, -0.15) is 0 Å². The lowest BCUT2D eigenvalue weighted by molar-refractivity contribution is -0.130. The maximum Gasteiger partial charge on any atom is 0.336 e. The summed E-state index contributed by atoms with van der Waals surface area (Å²) in [5.74, 6) is -1.28. The summed E-state index contributed by atoms with van der Waals surface area (Å²) < 4.78 is 0. The van der Waals surface area contributed by atoms with Crippen LogP contribution in [0.3, 0.4) is 0 Å². The van der Waals surface area contributed by atoms with Crippen LogP contribution in [0.15, 0.2) is 103 Å². The molecule has 0 aliphatic heterocycles. The van der Waals surface area contributed by atoms with Crippen LogP contribution in [0.1, 0.15) is 21.5 Å². The first-order valence-corrected chi connectivity index (χ1v) is 11.0. The highest BCUT2D eigenvalue weighted by Gasteiger charge is 2.13. The van der Waals surface area contributed by atoms with E-state index in [4.69, 9.17) is 0 Å². The second-order valence-corrected chi connectivity index (χ2v) is 7.99. The highest BCUT2D eigenvalue weighted by atomic mass is 16.4. The van der Waals surface area contributed by atoms with Crippen LogP contribution in [-0.4, -0.2) is 27.0 Å². The van der Waals surface area contributed by atoms with E-state index >= 15 is 0 Å². The Labute approximate surface area is 201 Å². The van der Waals surface area contributed by atoms with Crippen molar-refractivity contribution in [1.82, 2.24) is 9.97 Å². The fourth-order valence-electron chi connectivity index (χ4n) is 3.90. The van der Waals surface area contributed by atoms with Gasteiger partial charge in [-0.05, 0) is 41.0 Å². The van der Waals surface area contributed by atoms with Crippen LogP contribution >= 0.6 is 0 Å². The third kappa shape index (κ3) is 4.72. The summed E-state index contributed by atoms with van der Waals surface area (Å²) in [5, 5.41) is 13.3. The fourth-order valence-corrected chi connectivity index (χ4v) is 3.90. The molecule has 0 fully saturated rings. The van der Waals surface area contributed by atoms with E-state index in [1.54, 1.807) is 60.9 Å². The van der Waals surface area contributed by atoms with Crippen molar-refractivity contribution in [3.8, 4) is 11.1 Å². The molecule has 170 valence electrons. The normalized spacial score (nSPS) is 11.4. The van der Waals surface area contributed by atoms with Crippen molar-refractivity contribution < 1.29 is 14.7 Å². The summed E-state index contributed by atoms with van der Waals surface area (Å²) in [5.41, 5.74) is 5.18. The maximum atomic E-state index is 12.8. The number of carbonyl (C=O) groups is 2. The van der Waals surface area contributed by atoms with Crippen molar-refractivity contribution in [1.29, 1.82) is 0 Å². The highest BCUT2D eigenvalue weighted by Crippen LogP contribution is 2.26. The van der Waals surface area contributed by atoms with Crippen molar-refractivity contribution in [3.05, 3.63) is 120 Å². The third-order valence-electron chi connectivity index (χ3n) is 5.69. The Balaban J connectivity index is 1.41. The molecular formula is C29H21N3O3. The molecule has 5 aromatic rings. The van der Waals surface area contributed by atoms with Crippen LogP contribution in [0.4, 0.5) is 5.69 Å². The molecule has 0 bridgehead atoms. The number of aromatic nitrogens is 2. The predicted octanol–water partition coefficient (Wildman–Crippen LogP) is 6.11. The number of nitrogens with zero attached hydrogens (tertiary/aromatic N) is 1. The fraction of sp³-hybridized carbons (Fsp3) is 0. The number of aliphatic carboxylic acids is 1. The van der Waals surface area contributed by atoms with Gasteiger partial charge in [-0.15, -0.1) is 0 Å². The number of hydrogen-bond donors (Lipinski definition) is 3. The standard InChI is InChI=1S/C29H21N3O3/c33-28(22-13-11-20(12-14-22)19-7-3-1-4-8-19)32-24-16-25-23(17-30-27(25)31-18-24)15-26(29(34)35)21-9-5-2-6-10-21/h1-18H,(H,30,31)(H,32,33)(H,34,35)/b26-15+. The van der Waals surface area contributed by atoms with E-state index in [9.17, 15) is 14.7 Å². The molecule has 6 heteroatoms.